The molecule has 2 aromatic heterocycles. The summed E-state index contributed by atoms with van der Waals surface area (Å²) in [5.74, 6) is 0.210. The quantitative estimate of drug-likeness (QED) is 0.179. The van der Waals surface area contributed by atoms with Gasteiger partial charge in [-0.3, -0.25) is 9.54 Å². The summed E-state index contributed by atoms with van der Waals surface area (Å²) < 4.78 is 83.9. The van der Waals surface area contributed by atoms with Crippen LogP contribution in [0.2, 0.25) is 0 Å². The monoisotopic (exact) mass is 626 g/mol. The molecule has 38 heavy (non-hydrogen) atoms. The van der Waals surface area contributed by atoms with E-state index < -0.39 is 33.4 Å². The van der Waals surface area contributed by atoms with Crippen molar-refractivity contribution in [3.05, 3.63) is 72.9 Å². The number of hydrogen-bond acceptors (Lipinski definition) is 11. The third-order valence-electron chi connectivity index (χ3n) is 4.42. The van der Waals surface area contributed by atoms with Gasteiger partial charge < -0.3 is 4.55 Å². The van der Waals surface area contributed by atoms with Crippen molar-refractivity contribution in [2.75, 3.05) is 0 Å². The summed E-state index contributed by atoms with van der Waals surface area (Å²) in [6.45, 7) is 0. The van der Waals surface area contributed by atoms with Crippen LogP contribution in [0.15, 0.2) is 82.7 Å². The molecule has 0 aliphatic heterocycles. The average molecular weight is 627 g/mol. The second-order valence-electron chi connectivity index (χ2n) is 6.90. The molecule has 18 heteroatoms. The minimum absolute atomic E-state index is 0. The first kappa shape index (κ1) is 32.2. The number of rotatable bonds is 5. The number of halogens is 2. The van der Waals surface area contributed by atoms with E-state index in [4.69, 9.17) is 8.42 Å². The summed E-state index contributed by atoms with van der Waals surface area (Å²) in [4.78, 5) is 8.03. The number of aromatic nitrogens is 4. The second-order valence-corrected chi connectivity index (χ2v) is 13.4. The van der Waals surface area contributed by atoms with E-state index in [9.17, 15) is 25.9 Å². The van der Waals surface area contributed by atoms with E-state index in [-0.39, 0.29) is 46.0 Å². The molecule has 0 fully saturated rings. The SMILES string of the molecule is O=S(=O)(Cl)Cl.O=S(=O)([O-])c1ccc(-c2nnc(-c3ccccn3)nc2-c2ccc(S(=O)(=O)O)cc2)cc1.[Na+]. The van der Waals surface area contributed by atoms with Crippen LogP contribution in [-0.4, -0.2) is 54.5 Å². The van der Waals surface area contributed by atoms with E-state index in [1.807, 2.05) is 0 Å². The van der Waals surface area contributed by atoms with Gasteiger partial charge in [0.05, 0.1) is 9.79 Å². The molecule has 2 heterocycles. The molecule has 0 bridgehead atoms. The number of benzene rings is 2. The van der Waals surface area contributed by atoms with Crippen LogP contribution in [0.3, 0.4) is 0 Å². The van der Waals surface area contributed by atoms with Crippen LogP contribution in [-0.2, 0) is 28.5 Å². The molecule has 12 nitrogen and oxygen atoms in total. The van der Waals surface area contributed by atoms with Gasteiger partial charge in [0.1, 0.15) is 27.2 Å². The summed E-state index contributed by atoms with van der Waals surface area (Å²) in [6.07, 6.45) is 1.56. The van der Waals surface area contributed by atoms with Crippen LogP contribution in [0.25, 0.3) is 34.0 Å². The van der Waals surface area contributed by atoms with Gasteiger partial charge in [0.2, 0.25) is 5.82 Å². The Kier molecular flexibility index (Phi) is 10.9. The summed E-state index contributed by atoms with van der Waals surface area (Å²) in [5, 5.41) is 8.32. The van der Waals surface area contributed by atoms with Crippen molar-refractivity contribution in [2.45, 2.75) is 9.79 Å². The van der Waals surface area contributed by atoms with Crippen molar-refractivity contribution in [1.29, 1.82) is 0 Å². The minimum atomic E-state index is -4.62. The van der Waals surface area contributed by atoms with Crippen molar-refractivity contribution < 1.29 is 63.9 Å². The first-order chi connectivity index (χ1) is 17.1. The third kappa shape index (κ3) is 9.30. The zero-order valence-electron chi connectivity index (χ0n) is 19.0. The summed E-state index contributed by atoms with van der Waals surface area (Å²) in [7, 11) is -4.18. The summed E-state index contributed by atoms with van der Waals surface area (Å²) in [6, 6.07) is 15.6. The normalized spacial score (nSPS) is 11.6. The first-order valence-electron chi connectivity index (χ1n) is 9.57. The average Bonchev–Trinajstić information content (AvgIpc) is 2.82. The molecule has 0 saturated carbocycles. The van der Waals surface area contributed by atoms with E-state index in [2.05, 4.69) is 41.5 Å². The van der Waals surface area contributed by atoms with Gasteiger partial charge in [0, 0.05) is 38.7 Å². The summed E-state index contributed by atoms with van der Waals surface area (Å²) in [5.41, 5.74) is 1.91. The van der Waals surface area contributed by atoms with Crippen molar-refractivity contribution in [3.8, 4) is 34.0 Å². The van der Waals surface area contributed by atoms with Gasteiger partial charge in [-0.25, -0.2) is 13.4 Å². The predicted octanol–water partition coefficient (Wildman–Crippen LogP) is 0.131. The van der Waals surface area contributed by atoms with Gasteiger partial charge in [-0.1, -0.05) is 30.3 Å². The van der Waals surface area contributed by atoms with E-state index in [1.165, 1.54) is 36.4 Å². The van der Waals surface area contributed by atoms with Crippen LogP contribution in [0.4, 0.5) is 0 Å². The fourth-order valence-electron chi connectivity index (χ4n) is 2.89. The van der Waals surface area contributed by atoms with Gasteiger partial charge >= 0.3 is 37.8 Å². The Labute approximate surface area is 248 Å². The Morgan fingerprint density at radius 2 is 1.21 bits per heavy atom. The van der Waals surface area contributed by atoms with Crippen molar-refractivity contribution in [3.63, 3.8) is 0 Å². The molecule has 0 saturated heterocycles. The molecule has 0 amide bonds. The van der Waals surface area contributed by atoms with Crippen LogP contribution >= 0.6 is 21.4 Å². The Bertz CT molecular complexity index is 1730. The standard InChI is InChI=1S/C20H14N4O6S2.Cl2O2S.Na/c25-31(26,27)15-8-4-13(5-9-15)18-19(14-6-10-16(11-7-14)32(28,29)30)23-24-20(22-18)17-3-1-2-12-21-17;1-5(2,3)4;/h1-12H,(H,25,26,27)(H,28,29,30);;/q;;+1/p-1. The van der Waals surface area contributed by atoms with Crippen molar-refractivity contribution in [1.82, 2.24) is 20.2 Å². The molecule has 4 rings (SSSR count). The Morgan fingerprint density at radius 1 is 0.711 bits per heavy atom. The van der Waals surface area contributed by atoms with E-state index in [0.717, 1.165) is 12.1 Å². The maximum absolute atomic E-state index is 11.4. The van der Waals surface area contributed by atoms with Crippen LogP contribution < -0.4 is 29.6 Å². The number of pyridine rings is 1. The molecule has 0 atom stereocenters. The molecule has 0 unspecified atom stereocenters. The fourth-order valence-corrected chi connectivity index (χ4v) is 3.84. The van der Waals surface area contributed by atoms with E-state index in [0.29, 0.717) is 22.5 Å². The second kappa shape index (κ2) is 12.9. The summed E-state index contributed by atoms with van der Waals surface area (Å²) >= 11 is 0. The van der Waals surface area contributed by atoms with Crippen LogP contribution in [0.1, 0.15) is 0 Å². The van der Waals surface area contributed by atoms with E-state index >= 15 is 0 Å². The maximum Gasteiger partial charge on any atom is 1.00 e. The van der Waals surface area contributed by atoms with Gasteiger partial charge in [-0.15, -0.1) is 10.2 Å². The zero-order valence-corrected chi connectivity index (χ0v) is 25.0. The van der Waals surface area contributed by atoms with Gasteiger partial charge in [-0.2, -0.15) is 16.8 Å². The molecule has 194 valence electrons. The van der Waals surface area contributed by atoms with Gasteiger partial charge in [-0.05, 0) is 36.4 Å². The molecule has 2 aromatic carbocycles. The van der Waals surface area contributed by atoms with Crippen LogP contribution in [0.5, 0.6) is 0 Å². The van der Waals surface area contributed by atoms with Crippen LogP contribution in [0, 0.1) is 0 Å². The molecule has 0 radical (unpaired) electrons. The van der Waals surface area contributed by atoms with E-state index in [1.54, 1.807) is 24.4 Å². The fraction of sp³-hybridized carbons (Fsp3) is 0. The maximum atomic E-state index is 11.4. The number of nitrogens with zero attached hydrogens (tertiary/aromatic N) is 4. The number of hydrogen-bond donors (Lipinski definition) is 1. The topological polar surface area (TPSA) is 197 Å². The zero-order chi connectivity index (χ0) is 27.4. The Hall–Kier alpha value is -2.05. The van der Waals surface area contributed by atoms with Crippen molar-refractivity contribution >= 4 is 49.9 Å². The molecule has 0 aliphatic carbocycles. The predicted molar refractivity (Wildman–Crippen MR) is 132 cm³/mol. The molecule has 1 N–H and O–H groups in total. The third-order valence-corrected chi connectivity index (χ3v) is 6.14. The smallest absolute Gasteiger partial charge is 0.744 e. The van der Waals surface area contributed by atoms with Gasteiger partial charge in [0.25, 0.3) is 10.1 Å². The largest absolute Gasteiger partial charge is 1.00 e. The molecular formula is C20H13Cl2N4NaO8S3. The first-order valence-corrected chi connectivity index (χ1v) is 15.6. The Balaban J connectivity index is 0.000000774. The molecule has 0 aliphatic rings. The molecular weight excluding hydrogens is 614 g/mol. The minimum Gasteiger partial charge on any atom is -0.744 e. The Morgan fingerprint density at radius 3 is 1.66 bits per heavy atom. The van der Waals surface area contributed by atoms with Gasteiger partial charge in [0.15, 0.2) is 0 Å². The van der Waals surface area contributed by atoms with Crippen molar-refractivity contribution in [2.24, 2.45) is 0 Å². The molecule has 4 aromatic rings. The molecule has 0 spiro atoms.